The zero-order valence-electron chi connectivity index (χ0n) is 7.24. The van der Waals surface area contributed by atoms with Crippen molar-refractivity contribution in [3.8, 4) is 0 Å². The van der Waals surface area contributed by atoms with Crippen LogP contribution in [0.25, 0.3) is 0 Å². The van der Waals surface area contributed by atoms with Crippen LogP contribution in [0, 0.1) is 6.92 Å². The van der Waals surface area contributed by atoms with Crippen molar-refractivity contribution in [2.24, 2.45) is 5.73 Å². The minimum atomic E-state index is -2.27. The van der Waals surface area contributed by atoms with Gasteiger partial charge in [-0.2, -0.15) is 0 Å². The van der Waals surface area contributed by atoms with Gasteiger partial charge in [-0.1, -0.05) is 12.1 Å². The zero-order chi connectivity index (χ0) is 9.84. The van der Waals surface area contributed by atoms with E-state index in [-0.39, 0.29) is 0 Å². The topological polar surface area (TPSA) is 78.2 Å². The molecule has 0 fully saturated rings. The molecule has 0 spiro atoms. The standard InChI is InChI=1S/C8H12N2O2S/c1-6-4-7(5-9)2-3-8(6)10-13(11)12/h2-4,10H,5,9H2,1H3,(H,11,12)/p-1. The van der Waals surface area contributed by atoms with Gasteiger partial charge in [0.15, 0.2) is 0 Å². The summed E-state index contributed by atoms with van der Waals surface area (Å²) in [5.74, 6) is 0. The molecule has 0 aromatic heterocycles. The highest BCUT2D eigenvalue weighted by molar-refractivity contribution is 7.80. The molecule has 0 aliphatic carbocycles. The van der Waals surface area contributed by atoms with Crippen LogP contribution in [0.2, 0.25) is 0 Å². The summed E-state index contributed by atoms with van der Waals surface area (Å²) in [5, 5.41) is 0. The molecule has 1 unspecified atom stereocenters. The molecule has 1 aromatic rings. The molecule has 4 nitrogen and oxygen atoms in total. The lowest BCUT2D eigenvalue weighted by molar-refractivity contribution is 0.542. The molecule has 1 rings (SSSR count). The van der Waals surface area contributed by atoms with Gasteiger partial charge in [-0.15, -0.1) is 0 Å². The summed E-state index contributed by atoms with van der Waals surface area (Å²) >= 11 is -2.27. The Balaban J connectivity index is 2.91. The third-order valence-corrected chi connectivity index (χ3v) is 2.11. The Labute approximate surface area is 79.6 Å². The second kappa shape index (κ2) is 4.36. The first kappa shape index (κ1) is 10.2. The molecule has 0 radical (unpaired) electrons. The van der Waals surface area contributed by atoms with Gasteiger partial charge < -0.3 is 15.0 Å². The third-order valence-electron chi connectivity index (χ3n) is 1.72. The smallest absolute Gasteiger partial charge is 0.0481 e. The normalized spacial score (nSPS) is 12.5. The summed E-state index contributed by atoms with van der Waals surface area (Å²) in [6, 6.07) is 5.35. The Hall–Kier alpha value is -0.910. The van der Waals surface area contributed by atoms with Gasteiger partial charge in [0.05, 0.1) is 0 Å². The summed E-state index contributed by atoms with van der Waals surface area (Å²) in [6.07, 6.45) is 0. The van der Waals surface area contributed by atoms with Gasteiger partial charge in [-0.25, -0.2) is 0 Å². The van der Waals surface area contributed by atoms with Crippen molar-refractivity contribution in [1.29, 1.82) is 0 Å². The average Bonchev–Trinajstić information content (AvgIpc) is 2.08. The van der Waals surface area contributed by atoms with Crippen LogP contribution in [0.1, 0.15) is 11.1 Å². The average molecular weight is 199 g/mol. The van der Waals surface area contributed by atoms with Crippen LogP contribution in [-0.4, -0.2) is 8.76 Å². The van der Waals surface area contributed by atoms with E-state index in [2.05, 4.69) is 4.72 Å². The molecule has 0 bridgehead atoms. The number of aryl methyl sites for hydroxylation is 1. The van der Waals surface area contributed by atoms with Gasteiger partial charge in [-0.05, 0) is 24.1 Å². The summed E-state index contributed by atoms with van der Waals surface area (Å²) in [4.78, 5) is 0. The van der Waals surface area contributed by atoms with E-state index >= 15 is 0 Å². The second-order valence-corrected chi connectivity index (χ2v) is 3.36. The molecule has 5 heteroatoms. The van der Waals surface area contributed by atoms with E-state index in [9.17, 15) is 8.76 Å². The first-order valence-corrected chi connectivity index (χ1v) is 4.86. The SMILES string of the molecule is Cc1cc(CN)ccc1NS(=O)[O-]. The molecule has 0 heterocycles. The predicted molar refractivity (Wildman–Crippen MR) is 51.6 cm³/mol. The molecule has 13 heavy (non-hydrogen) atoms. The largest absolute Gasteiger partial charge is 0.755 e. The predicted octanol–water partition coefficient (Wildman–Crippen LogP) is 0.660. The van der Waals surface area contributed by atoms with Crippen LogP contribution >= 0.6 is 0 Å². The maximum absolute atomic E-state index is 10.3. The first-order valence-electron chi connectivity index (χ1n) is 3.79. The second-order valence-electron chi connectivity index (χ2n) is 2.69. The Morgan fingerprint density at radius 2 is 2.31 bits per heavy atom. The van der Waals surface area contributed by atoms with Crippen molar-refractivity contribution in [3.05, 3.63) is 29.3 Å². The number of hydrogen-bond donors (Lipinski definition) is 2. The zero-order valence-corrected chi connectivity index (χ0v) is 8.06. The molecule has 72 valence electrons. The molecule has 0 amide bonds. The van der Waals surface area contributed by atoms with Gasteiger partial charge in [0.25, 0.3) is 0 Å². The maximum atomic E-state index is 10.3. The first-order chi connectivity index (χ1) is 6.13. The third kappa shape index (κ3) is 2.80. The molecule has 0 aliphatic heterocycles. The molecule has 1 aromatic carbocycles. The number of anilines is 1. The summed E-state index contributed by atoms with van der Waals surface area (Å²) in [7, 11) is 0. The van der Waals surface area contributed by atoms with Gasteiger partial charge in [-0.3, -0.25) is 4.21 Å². The van der Waals surface area contributed by atoms with Crippen LogP contribution in [0.3, 0.4) is 0 Å². The van der Waals surface area contributed by atoms with Crippen molar-refractivity contribution in [3.63, 3.8) is 0 Å². The lowest BCUT2D eigenvalue weighted by Gasteiger charge is -2.11. The van der Waals surface area contributed by atoms with Gasteiger partial charge in [0.1, 0.15) is 0 Å². The van der Waals surface area contributed by atoms with Crippen LogP contribution < -0.4 is 10.5 Å². The minimum absolute atomic E-state index is 0.460. The summed E-state index contributed by atoms with van der Waals surface area (Å²) in [6.45, 7) is 2.29. The van der Waals surface area contributed by atoms with E-state index in [1.165, 1.54) is 0 Å². The molecule has 0 saturated carbocycles. The Kier molecular flexibility index (Phi) is 3.41. The monoisotopic (exact) mass is 199 g/mol. The Bertz CT molecular complexity index is 328. The van der Waals surface area contributed by atoms with E-state index in [1.54, 1.807) is 12.1 Å². The molecular formula is C8H11N2O2S-. The number of benzene rings is 1. The van der Waals surface area contributed by atoms with Crippen molar-refractivity contribution in [1.82, 2.24) is 0 Å². The Morgan fingerprint density at radius 1 is 1.62 bits per heavy atom. The van der Waals surface area contributed by atoms with Crippen molar-refractivity contribution in [2.75, 3.05) is 4.72 Å². The highest BCUT2D eigenvalue weighted by atomic mass is 32.2. The number of rotatable bonds is 3. The van der Waals surface area contributed by atoms with Crippen LogP contribution in [0.15, 0.2) is 18.2 Å². The van der Waals surface area contributed by atoms with E-state index in [0.717, 1.165) is 11.1 Å². The summed E-state index contributed by atoms with van der Waals surface area (Å²) in [5.41, 5.74) is 7.87. The molecule has 1 atom stereocenters. The van der Waals surface area contributed by atoms with E-state index in [0.29, 0.717) is 12.2 Å². The molecule has 0 aliphatic rings. The number of nitrogens with one attached hydrogen (secondary N) is 1. The molecule has 3 N–H and O–H groups in total. The highest BCUT2D eigenvalue weighted by Gasteiger charge is 1.97. The van der Waals surface area contributed by atoms with Gasteiger partial charge in [0, 0.05) is 23.5 Å². The lowest BCUT2D eigenvalue weighted by atomic mass is 10.1. The van der Waals surface area contributed by atoms with Crippen LogP contribution in [0.5, 0.6) is 0 Å². The fourth-order valence-corrected chi connectivity index (χ4v) is 1.47. The highest BCUT2D eigenvalue weighted by Crippen LogP contribution is 2.16. The maximum Gasteiger partial charge on any atom is 0.0481 e. The quantitative estimate of drug-likeness (QED) is 0.702. The Morgan fingerprint density at radius 3 is 2.77 bits per heavy atom. The van der Waals surface area contributed by atoms with Crippen LogP contribution in [-0.2, 0) is 17.8 Å². The van der Waals surface area contributed by atoms with Gasteiger partial charge in [0.2, 0.25) is 0 Å². The fraction of sp³-hybridized carbons (Fsp3) is 0.250. The fourth-order valence-electron chi connectivity index (χ4n) is 1.06. The number of hydrogen-bond acceptors (Lipinski definition) is 3. The summed E-state index contributed by atoms with van der Waals surface area (Å²) < 4.78 is 23.0. The minimum Gasteiger partial charge on any atom is -0.755 e. The van der Waals surface area contributed by atoms with E-state index in [1.807, 2.05) is 13.0 Å². The van der Waals surface area contributed by atoms with Crippen LogP contribution in [0.4, 0.5) is 5.69 Å². The lowest BCUT2D eigenvalue weighted by Crippen LogP contribution is -2.04. The van der Waals surface area contributed by atoms with E-state index < -0.39 is 11.3 Å². The van der Waals surface area contributed by atoms with Crippen molar-refractivity contribution < 1.29 is 8.76 Å². The van der Waals surface area contributed by atoms with E-state index in [4.69, 9.17) is 5.73 Å². The van der Waals surface area contributed by atoms with Gasteiger partial charge >= 0.3 is 0 Å². The van der Waals surface area contributed by atoms with Crippen molar-refractivity contribution >= 4 is 17.0 Å². The number of nitrogens with two attached hydrogens (primary N) is 1. The molecule has 0 saturated heterocycles. The van der Waals surface area contributed by atoms with Crippen molar-refractivity contribution in [2.45, 2.75) is 13.5 Å². The molecular weight excluding hydrogens is 188 g/mol.